The number of ether oxygens (including phenoxy) is 2. The van der Waals surface area contributed by atoms with E-state index in [0.717, 1.165) is 32.2 Å². The molecule has 0 aliphatic carbocycles. The molecule has 348 valence electrons. The van der Waals surface area contributed by atoms with Crippen molar-refractivity contribution < 1.29 is 33.4 Å². The summed E-state index contributed by atoms with van der Waals surface area (Å²) in [5.74, 6) is -0.770. The molecule has 4 saturated heterocycles. The summed E-state index contributed by atoms with van der Waals surface area (Å²) >= 11 is 0. The third-order valence-electron chi connectivity index (χ3n) is 11.2. The summed E-state index contributed by atoms with van der Waals surface area (Å²) in [6.07, 6.45) is 4.77. The number of rotatable bonds is 12. The van der Waals surface area contributed by atoms with Gasteiger partial charge in [-0.15, -0.1) is 20.4 Å². The summed E-state index contributed by atoms with van der Waals surface area (Å²) in [6, 6.07) is 13.8. The first-order valence-corrected chi connectivity index (χ1v) is 21.7. The molecule has 2 atom stereocenters. The standard InChI is InChI=1S/C23H28N8O4.C20H26N8O3/c1-2-18(32)25-17-4-3-9-31(14-17)23-27-21(19(20(24)33)28-29-23)26-16-7-5-15(6-8-16)22(34)30-10-12-35-13-11-30;21-14-2-1-7-28(12-14)20-24-18(16(17(22)29)25-26-20)23-15-5-3-13(4-6-15)19(30)27-8-10-31-11-9-27/h2,5-8,17H,1,3-4,9-14H2,(H2,24,33)(H,25,32)(H,26,27,29);3-6,14H,1-2,7-12,21H2,(H2,22,29)(H,23,24,26)/t17-;14-/m11/s1. The molecule has 4 aliphatic rings. The molecule has 23 nitrogen and oxygen atoms in total. The Morgan fingerprint density at radius 1 is 0.621 bits per heavy atom. The molecule has 2 aromatic heterocycles. The molecule has 4 fully saturated rings. The van der Waals surface area contributed by atoms with Gasteiger partial charge in [0.15, 0.2) is 23.0 Å². The summed E-state index contributed by atoms with van der Waals surface area (Å²) in [7, 11) is 0. The largest absolute Gasteiger partial charge is 0.378 e. The van der Waals surface area contributed by atoms with Crippen molar-refractivity contribution in [3.8, 4) is 0 Å². The second kappa shape index (κ2) is 22.0. The Morgan fingerprint density at radius 3 is 1.48 bits per heavy atom. The maximum absolute atomic E-state index is 12.7. The van der Waals surface area contributed by atoms with Crippen molar-refractivity contribution in [3.05, 3.63) is 83.7 Å². The van der Waals surface area contributed by atoms with Gasteiger partial charge >= 0.3 is 0 Å². The summed E-state index contributed by atoms with van der Waals surface area (Å²) < 4.78 is 10.6. The summed E-state index contributed by atoms with van der Waals surface area (Å²) in [6.45, 7) is 10.5. The van der Waals surface area contributed by atoms with E-state index in [-0.39, 0.29) is 52.8 Å². The van der Waals surface area contributed by atoms with Gasteiger partial charge in [0.1, 0.15) is 0 Å². The van der Waals surface area contributed by atoms with E-state index in [4.69, 9.17) is 26.7 Å². The van der Waals surface area contributed by atoms with Gasteiger partial charge in [0, 0.05) is 86.9 Å². The Labute approximate surface area is 380 Å². The van der Waals surface area contributed by atoms with Crippen LogP contribution in [0.4, 0.5) is 34.9 Å². The number of aromatic nitrogens is 6. The molecule has 6 heterocycles. The zero-order chi connectivity index (χ0) is 46.6. The second-order valence-electron chi connectivity index (χ2n) is 15.9. The predicted molar refractivity (Wildman–Crippen MR) is 243 cm³/mol. The number of nitrogens with two attached hydrogens (primary N) is 3. The number of hydrogen-bond donors (Lipinski definition) is 6. The second-order valence-corrected chi connectivity index (χ2v) is 15.9. The first-order valence-electron chi connectivity index (χ1n) is 21.7. The molecule has 0 bridgehead atoms. The van der Waals surface area contributed by atoms with Gasteiger partial charge in [-0.2, -0.15) is 9.97 Å². The maximum atomic E-state index is 12.7. The van der Waals surface area contributed by atoms with Crippen LogP contribution in [0.1, 0.15) is 67.4 Å². The third-order valence-corrected chi connectivity index (χ3v) is 11.2. The molecule has 5 amide bonds. The molecule has 23 heteroatoms. The number of morpholine rings is 2. The minimum Gasteiger partial charge on any atom is -0.378 e. The highest BCUT2D eigenvalue weighted by Gasteiger charge is 2.26. The first kappa shape index (κ1) is 46.6. The molecule has 8 rings (SSSR count). The van der Waals surface area contributed by atoms with E-state index in [1.54, 1.807) is 58.3 Å². The number of nitrogens with zero attached hydrogens (tertiary/aromatic N) is 10. The van der Waals surface area contributed by atoms with Gasteiger partial charge in [0.05, 0.1) is 26.4 Å². The number of piperidine rings is 2. The van der Waals surface area contributed by atoms with Crippen molar-refractivity contribution >= 4 is 64.4 Å². The molecule has 66 heavy (non-hydrogen) atoms. The van der Waals surface area contributed by atoms with Crippen molar-refractivity contribution in [2.45, 2.75) is 37.8 Å². The van der Waals surface area contributed by atoms with Crippen LogP contribution in [-0.2, 0) is 14.3 Å². The monoisotopic (exact) mass is 906 g/mol. The van der Waals surface area contributed by atoms with E-state index in [1.807, 2.05) is 9.80 Å². The number of amides is 5. The highest BCUT2D eigenvalue weighted by atomic mass is 16.5. The fourth-order valence-corrected chi connectivity index (χ4v) is 7.70. The minimum atomic E-state index is -0.770. The first-order chi connectivity index (χ1) is 31.9. The number of anilines is 6. The van der Waals surface area contributed by atoms with Crippen LogP contribution in [0.25, 0.3) is 0 Å². The van der Waals surface area contributed by atoms with E-state index < -0.39 is 11.8 Å². The Balaban J connectivity index is 0.000000198. The van der Waals surface area contributed by atoms with Gasteiger partial charge in [0.2, 0.25) is 17.8 Å². The fraction of sp³-hybridized carbons (Fsp3) is 0.419. The van der Waals surface area contributed by atoms with Gasteiger partial charge in [0.25, 0.3) is 23.6 Å². The van der Waals surface area contributed by atoms with Crippen molar-refractivity contribution in [2.75, 3.05) is 99.2 Å². The van der Waals surface area contributed by atoms with E-state index in [2.05, 4.69) is 52.9 Å². The lowest BCUT2D eigenvalue weighted by molar-refractivity contribution is -0.117. The lowest BCUT2D eigenvalue weighted by Gasteiger charge is -2.32. The summed E-state index contributed by atoms with van der Waals surface area (Å²) in [4.78, 5) is 77.0. The molecule has 0 radical (unpaired) electrons. The van der Waals surface area contributed by atoms with Gasteiger partial charge in [-0.25, -0.2) is 0 Å². The van der Waals surface area contributed by atoms with Crippen molar-refractivity contribution in [1.82, 2.24) is 45.5 Å². The van der Waals surface area contributed by atoms with E-state index in [0.29, 0.717) is 107 Å². The van der Waals surface area contributed by atoms with Gasteiger partial charge < -0.3 is 62.2 Å². The number of primary amides is 2. The Kier molecular flexibility index (Phi) is 15.5. The Bertz CT molecular complexity index is 2380. The smallest absolute Gasteiger partial charge is 0.273 e. The van der Waals surface area contributed by atoms with Crippen LogP contribution in [0.2, 0.25) is 0 Å². The zero-order valence-corrected chi connectivity index (χ0v) is 36.4. The minimum absolute atomic E-state index is 0.0416. The van der Waals surface area contributed by atoms with Crippen LogP contribution in [-0.4, -0.2) is 161 Å². The van der Waals surface area contributed by atoms with Gasteiger partial charge in [-0.05, 0) is 80.3 Å². The van der Waals surface area contributed by atoms with Gasteiger partial charge in [-0.1, -0.05) is 6.58 Å². The lowest BCUT2D eigenvalue weighted by Crippen LogP contribution is -2.48. The topological polar surface area (TPSA) is 308 Å². The van der Waals surface area contributed by atoms with E-state index >= 15 is 0 Å². The summed E-state index contributed by atoms with van der Waals surface area (Å²) in [5, 5.41) is 25.1. The number of benzene rings is 2. The van der Waals surface area contributed by atoms with Crippen molar-refractivity contribution in [1.29, 1.82) is 0 Å². The number of nitrogens with one attached hydrogen (secondary N) is 3. The SMILES string of the molecule is C=CC(=O)N[C@@H]1CCCN(c2nnc(C(N)=O)c(Nc3ccc(C(=O)N4CCOCC4)cc3)n2)C1.NC(=O)c1nnc(N2CCC[C@@H](N)C2)nc1Nc1ccc(C(=O)N2CCOCC2)cc1. The average molecular weight is 907 g/mol. The molecule has 4 aromatic rings. The van der Waals surface area contributed by atoms with Crippen LogP contribution >= 0.6 is 0 Å². The number of carbonyl (C=O) groups is 5. The molecular weight excluding hydrogens is 853 g/mol. The zero-order valence-electron chi connectivity index (χ0n) is 36.4. The van der Waals surface area contributed by atoms with Crippen LogP contribution in [0, 0.1) is 0 Å². The predicted octanol–water partition coefficient (Wildman–Crippen LogP) is 0.572. The van der Waals surface area contributed by atoms with E-state index in [9.17, 15) is 24.0 Å². The quantitative estimate of drug-likeness (QED) is 0.106. The molecule has 2 aromatic carbocycles. The molecular formula is C43H54N16O7. The lowest BCUT2D eigenvalue weighted by atomic mass is 10.1. The van der Waals surface area contributed by atoms with Crippen LogP contribution < -0.4 is 43.0 Å². The van der Waals surface area contributed by atoms with E-state index in [1.165, 1.54) is 6.08 Å². The highest BCUT2D eigenvalue weighted by Crippen LogP contribution is 2.24. The fourth-order valence-electron chi connectivity index (χ4n) is 7.70. The molecule has 0 spiro atoms. The normalized spacial score (nSPS) is 18.6. The number of carbonyl (C=O) groups excluding carboxylic acids is 5. The number of hydrogen-bond acceptors (Lipinski definition) is 18. The van der Waals surface area contributed by atoms with Crippen LogP contribution in [0.5, 0.6) is 0 Å². The maximum Gasteiger partial charge on any atom is 0.273 e. The Morgan fingerprint density at radius 2 is 1.06 bits per heavy atom. The molecule has 0 unspecified atom stereocenters. The van der Waals surface area contributed by atoms with Crippen LogP contribution in [0.15, 0.2) is 61.2 Å². The average Bonchev–Trinajstić information content (AvgIpc) is 3.34. The third kappa shape index (κ3) is 12.0. The summed E-state index contributed by atoms with van der Waals surface area (Å²) in [5.41, 5.74) is 19.2. The molecule has 4 aliphatic heterocycles. The molecule has 0 saturated carbocycles. The Hall–Kier alpha value is -7.37. The van der Waals surface area contributed by atoms with Gasteiger partial charge in [-0.3, -0.25) is 24.0 Å². The molecule has 9 N–H and O–H groups in total. The van der Waals surface area contributed by atoms with Crippen molar-refractivity contribution in [3.63, 3.8) is 0 Å². The van der Waals surface area contributed by atoms with Crippen molar-refractivity contribution in [2.24, 2.45) is 17.2 Å². The highest BCUT2D eigenvalue weighted by molar-refractivity contribution is 5.98. The van der Waals surface area contributed by atoms with Crippen LogP contribution in [0.3, 0.4) is 0 Å².